The first-order chi connectivity index (χ1) is 10.4. The first kappa shape index (κ1) is 17.1. The van der Waals surface area contributed by atoms with E-state index >= 15 is 0 Å². The molecule has 0 spiro atoms. The molecule has 1 amide bonds. The number of rotatable bonds is 3. The molecule has 1 aromatic rings. The van der Waals surface area contributed by atoms with Crippen molar-refractivity contribution in [1.82, 2.24) is 0 Å². The number of aliphatic carboxylic acids is 1. The van der Waals surface area contributed by atoms with Gasteiger partial charge in [-0.1, -0.05) is 19.9 Å². The van der Waals surface area contributed by atoms with E-state index in [1.807, 2.05) is 13.8 Å². The number of aromatic hydroxyl groups is 1. The molecular weight excluding hydrogens is 298 g/mol. The van der Waals surface area contributed by atoms with Crippen LogP contribution in [0.15, 0.2) is 18.2 Å². The molecule has 0 bridgehead atoms. The Morgan fingerprint density at radius 1 is 1.26 bits per heavy atom. The third-order valence-electron chi connectivity index (χ3n) is 4.11. The minimum atomic E-state index is -0.838. The van der Waals surface area contributed by atoms with Gasteiger partial charge in [-0.15, -0.1) is 0 Å². The van der Waals surface area contributed by atoms with E-state index in [4.69, 9.17) is 4.74 Å². The zero-order valence-corrected chi connectivity index (χ0v) is 14.0. The van der Waals surface area contributed by atoms with Crippen molar-refractivity contribution in [1.29, 1.82) is 0 Å². The zero-order valence-electron chi connectivity index (χ0n) is 14.0. The average Bonchev–Trinajstić information content (AvgIpc) is 2.93. The molecule has 23 heavy (non-hydrogen) atoms. The van der Waals surface area contributed by atoms with Crippen LogP contribution in [0.3, 0.4) is 0 Å². The van der Waals surface area contributed by atoms with Gasteiger partial charge in [-0.2, -0.15) is 0 Å². The zero-order chi connectivity index (χ0) is 17.6. The number of anilines is 1. The molecule has 1 fully saturated rings. The predicted octanol–water partition coefficient (Wildman–Crippen LogP) is 3.56. The topological polar surface area (TPSA) is 95.9 Å². The van der Waals surface area contributed by atoms with E-state index in [-0.39, 0.29) is 22.8 Å². The fourth-order valence-corrected chi connectivity index (χ4v) is 2.98. The van der Waals surface area contributed by atoms with Crippen LogP contribution < -0.4 is 5.32 Å². The average molecular weight is 321 g/mol. The molecule has 0 heterocycles. The molecule has 1 saturated carbocycles. The Balaban J connectivity index is 2.21. The Hall–Kier alpha value is -2.24. The number of hydrogen-bond donors (Lipinski definition) is 3. The summed E-state index contributed by atoms with van der Waals surface area (Å²) in [5.74, 6) is -1.55. The minimum Gasteiger partial charge on any atom is -0.506 e. The van der Waals surface area contributed by atoms with Crippen molar-refractivity contribution in [3.8, 4) is 5.75 Å². The van der Waals surface area contributed by atoms with Gasteiger partial charge in [-0.25, -0.2) is 4.79 Å². The number of carboxylic acids is 1. The van der Waals surface area contributed by atoms with E-state index in [1.54, 1.807) is 32.9 Å². The maximum absolute atomic E-state index is 11.8. The van der Waals surface area contributed by atoms with Crippen molar-refractivity contribution in [2.75, 3.05) is 5.32 Å². The van der Waals surface area contributed by atoms with Crippen LogP contribution in [0.4, 0.5) is 10.5 Å². The second kappa shape index (κ2) is 5.44. The van der Waals surface area contributed by atoms with Gasteiger partial charge in [-0.3, -0.25) is 10.1 Å². The van der Waals surface area contributed by atoms with Gasteiger partial charge in [0.1, 0.15) is 11.4 Å². The van der Waals surface area contributed by atoms with E-state index < -0.39 is 23.6 Å². The third kappa shape index (κ3) is 3.57. The second-order valence-corrected chi connectivity index (χ2v) is 7.52. The van der Waals surface area contributed by atoms with Crippen molar-refractivity contribution in [2.24, 2.45) is 11.3 Å². The van der Waals surface area contributed by atoms with Gasteiger partial charge in [0.2, 0.25) is 0 Å². The maximum atomic E-state index is 11.8. The Morgan fingerprint density at radius 2 is 1.87 bits per heavy atom. The van der Waals surface area contributed by atoms with Crippen molar-refractivity contribution in [3.63, 3.8) is 0 Å². The van der Waals surface area contributed by atoms with Crippen molar-refractivity contribution < 1.29 is 24.5 Å². The largest absolute Gasteiger partial charge is 0.506 e. The van der Waals surface area contributed by atoms with Crippen molar-refractivity contribution >= 4 is 17.7 Å². The van der Waals surface area contributed by atoms with E-state index in [2.05, 4.69) is 5.32 Å². The van der Waals surface area contributed by atoms with E-state index in [1.165, 1.54) is 6.07 Å². The highest BCUT2D eigenvalue weighted by molar-refractivity contribution is 5.87. The normalized spacial score (nSPS) is 22.3. The Kier molecular flexibility index (Phi) is 4.05. The monoisotopic (exact) mass is 321 g/mol. The Labute approximate surface area is 135 Å². The molecule has 6 heteroatoms. The molecule has 0 radical (unpaired) electrons. The predicted molar refractivity (Wildman–Crippen MR) is 85.6 cm³/mol. The van der Waals surface area contributed by atoms with Gasteiger partial charge in [-0.05, 0) is 43.9 Å². The number of phenolic OH excluding ortho intramolecular Hbond substituents is 1. The highest BCUT2D eigenvalue weighted by atomic mass is 16.6. The van der Waals surface area contributed by atoms with Crippen LogP contribution in [-0.4, -0.2) is 27.9 Å². The fraction of sp³-hybridized carbons (Fsp3) is 0.529. The lowest BCUT2D eigenvalue weighted by atomic mass is 10.0. The molecule has 0 aliphatic heterocycles. The molecule has 6 nitrogen and oxygen atoms in total. The van der Waals surface area contributed by atoms with Crippen LogP contribution >= 0.6 is 0 Å². The summed E-state index contributed by atoms with van der Waals surface area (Å²) < 4.78 is 5.16. The smallest absolute Gasteiger partial charge is 0.412 e. The summed E-state index contributed by atoms with van der Waals surface area (Å²) in [5, 5.41) is 21.7. The van der Waals surface area contributed by atoms with Gasteiger partial charge < -0.3 is 14.9 Å². The maximum Gasteiger partial charge on any atom is 0.412 e. The molecule has 2 atom stereocenters. The number of ether oxygens (including phenoxy) is 1. The molecule has 0 saturated heterocycles. The van der Waals surface area contributed by atoms with E-state index in [0.717, 1.165) is 5.56 Å². The quantitative estimate of drug-likeness (QED) is 0.740. The highest BCUT2D eigenvalue weighted by Crippen LogP contribution is 2.64. The molecule has 0 aromatic heterocycles. The number of phenols is 1. The lowest BCUT2D eigenvalue weighted by molar-refractivity contribution is -0.139. The Morgan fingerprint density at radius 3 is 2.35 bits per heavy atom. The SMILES string of the molecule is CC(C)(C)OC(=O)Nc1cc([C@H]2[C@H](C(=O)O)C2(C)C)ccc1O. The van der Waals surface area contributed by atoms with Crippen molar-refractivity contribution in [2.45, 2.75) is 46.1 Å². The summed E-state index contributed by atoms with van der Waals surface area (Å²) in [6, 6.07) is 4.74. The van der Waals surface area contributed by atoms with Crippen LogP contribution in [-0.2, 0) is 9.53 Å². The highest BCUT2D eigenvalue weighted by Gasteiger charge is 2.62. The summed E-state index contributed by atoms with van der Waals surface area (Å²) in [4.78, 5) is 23.1. The summed E-state index contributed by atoms with van der Waals surface area (Å²) in [6.07, 6.45) is -0.671. The van der Waals surface area contributed by atoms with E-state index in [9.17, 15) is 19.8 Å². The molecule has 2 rings (SSSR count). The molecule has 1 aromatic carbocycles. The minimum absolute atomic E-state index is 0.0926. The summed E-state index contributed by atoms with van der Waals surface area (Å²) in [5.41, 5.74) is -0.0224. The van der Waals surface area contributed by atoms with Crippen LogP contribution in [0.5, 0.6) is 5.75 Å². The van der Waals surface area contributed by atoms with Crippen molar-refractivity contribution in [3.05, 3.63) is 23.8 Å². The number of benzene rings is 1. The number of carbonyl (C=O) groups excluding carboxylic acids is 1. The number of carboxylic acid groups (broad SMARTS) is 1. The summed E-state index contributed by atoms with van der Waals surface area (Å²) >= 11 is 0. The number of amides is 1. The fourth-order valence-electron chi connectivity index (χ4n) is 2.98. The first-order valence-electron chi connectivity index (χ1n) is 7.49. The van der Waals surface area contributed by atoms with Crippen LogP contribution in [0.2, 0.25) is 0 Å². The third-order valence-corrected chi connectivity index (χ3v) is 4.11. The summed E-state index contributed by atoms with van der Waals surface area (Å²) in [7, 11) is 0. The molecule has 0 unspecified atom stereocenters. The first-order valence-corrected chi connectivity index (χ1v) is 7.49. The van der Waals surface area contributed by atoms with Crippen LogP contribution in [0.25, 0.3) is 0 Å². The number of carbonyl (C=O) groups is 2. The Bertz CT molecular complexity index is 645. The van der Waals surface area contributed by atoms with Crippen LogP contribution in [0, 0.1) is 11.3 Å². The van der Waals surface area contributed by atoms with Gasteiger partial charge >= 0.3 is 12.1 Å². The number of hydrogen-bond acceptors (Lipinski definition) is 4. The standard InChI is InChI=1S/C17H23NO5/c1-16(2,3)23-15(22)18-10-8-9(6-7-11(10)19)12-13(14(20)21)17(12,4)5/h6-8,12-13,19H,1-5H3,(H,18,22)(H,20,21)/t12-,13+/m0/s1. The number of nitrogens with one attached hydrogen (secondary N) is 1. The molecule has 1 aliphatic rings. The lowest BCUT2D eigenvalue weighted by Gasteiger charge is -2.20. The second-order valence-electron chi connectivity index (χ2n) is 7.52. The van der Waals surface area contributed by atoms with Gasteiger partial charge in [0, 0.05) is 5.92 Å². The van der Waals surface area contributed by atoms with Gasteiger partial charge in [0.05, 0.1) is 11.6 Å². The molecule has 3 N–H and O–H groups in total. The molecular formula is C17H23NO5. The van der Waals surface area contributed by atoms with Crippen LogP contribution in [0.1, 0.15) is 46.1 Å². The molecule has 126 valence electrons. The summed E-state index contributed by atoms with van der Waals surface area (Å²) in [6.45, 7) is 9.02. The lowest BCUT2D eigenvalue weighted by Crippen LogP contribution is -2.27. The van der Waals surface area contributed by atoms with Gasteiger partial charge in [0.25, 0.3) is 0 Å². The van der Waals surface area contributed by atoms with E-state index in [0.29, 0.717) is 0 Å². The molecule has 1 aliphatic carbocycles. The van der Waals surface area contributed by atoms with Gasteiger partial charge in [0.15, 0.2) is 0 Å².